The molecule has 1 unspecified atom stereocenters. The first kappa shape index (κ1) is 17.2. The van der Waals surface area contributed by atoms with Gasteiger partial charge in [-0.15, -0.1) is 6.58 Å². The zero-order valence-corrected chi connectivity index (χ0v) is 11.7. The SMILES string of the molecule is C=CCC(OC)[C@@H](Cc1ccccc1)NC(=O)C(F)(F)F. The highest BCUT2D eigenvalue weighted by Gasteiger charge is 2.40. The van der Waals surface area contributed by atoms with E-state index < -0.39 is 24.2 Å². The van der Waals surface area contributed by atoms with Gasteiger partial charge < -0.3 is 10.1 Å². The molecule has 21 heavy (non-hydrogen) atoms. The minimum absolute atomic E-state index is 0.245. The Hall–Kier alpha value is -1.82. The second kappa shape index (κ2) is 7.83. The van der Waals surface area contributed by atoms with Crippen molar-refractivity contribution in [3.05, 3.63) is 48.6 Å². The van der Waals surface area contributed by atoms with Crippen molar-refractivity contribution >= 4 is 5.91 Å². The van der Waals surface area contributed by atoms with Crippen LogP contribution in [0.2, 0.25) is 0 Å². The fourth-order valence-corrected chi connectivity index (χ4v) is 1.98. The van der Waals surface area contributed by atoms with Crippen molar-refractivity contribution in [3.63, 3.8) is 0 Å². The van der Waals surface area contributed by atoms with E-state index in [1.165, 1.54) is 7.11 Å². The number of amides is 1. The van der Waals surface area contributed by atoms with Crippen molar-refractivity contribution in [2.75, 3.05) is 7.11 Å². The largest absolute Gasteiger partial charge is 0.471 e. The monoisotopic (exact) mass is 301 g/mol. The molecule has 0 spiro atoms. The molecule has 0 saturated heterocycles. The van der Waals surface area contributed by atoms with Gasteiger partial charge in [0.1, 0.15) is 0 Å². The maximum absolute atomic E-state index is 12.4. The molecular weight excluding hydrogens is 283 g/mol. The van der Waals surface area contributed by atoms with E-state index in [0.29, 0.717) is 6.42 Å². The first-order chi connectivity index (χ1) is 9.88. The average molecular weight is 301 g/mol. The summed E-state index contributed by atoms with van der Waals surface area (Å²) in [6.07, 6.45) is -3.36. The number of alkyl halides is 3. The van der Waals surface area contributed by atoms with Crippen LogP contribution in [0.3, 0.4) is 0 Å². The number of methoxy groups -OCH3 is 1. The Kier molecular flexibility index (Phi) is 6.42. The van der Waals surface area contributed by atoms with E-state index in [4.69, 9.17) is 4.74 Å². The Bertz CT molecular complexity index is 460. The van der Waals surface area contributed by atoms with Crippen LogP contribution >= 0.6 is 0 Å². The predicted molar refractivity (Wildman–Crippen MR) is 73.7 cm³/mol. The lowest BCUT2D eigenvalue weighted by molar-refractivity contribution is -0.175. The molecule has 0 aromatic heterocycles. The lowest BCUT2D eigenvalue weighted by Gasteiger charge is -2.27. The van der Waals surface area contributed by atoms with Gasteiger partial charge in [0.05, 0.1) is 12.1 Å². The molecule has 1 amide bonds. The van der Waals surface area contributed by atoms with Gasteiger partial charge in [0.2, 0.25) is 0 Å². The highest BCUT2D eigenvalue weighted by molar-refractivity contribution is 5.82. The normalized spacial score (nSPS) is 14.3. The number of rotatable bonds is 7. The Labute approximate surface area is 121 Å². The molecule has 0 heterocycles. The van der Waals surface area contributed by atoms with Crippen LogP contribution in [-0.2, 0) is 16.0 Å². The van der Waals surface area contributed by atoms with Crippen molar-refractivity contribution in [1.29, 1.82) is 0 Å². The van der Waals surface area contributed by atoms with Crippen molar-refractivity contribution < 1.29 is 22.7 Å². The number of ether oxygens (including phenoxy) is 1. The van der Waals surface area contributed by atoms with Gasteiger partial charge in [-0.25, -0.2) is 0 Å². The van der Waals surface area contributed by atoms with Crippen molar-refractivity contribution in [2.24, 2.45) is 0 Å². The lowest BCUT2D eigenvalue weighted by atomic mass is 9.99. The molecule has 0 aliphatic heterocycles. The van der Waals surface area contributed by atoms with E-state index in [0.717, 1.165) is 5.56 Å². The fourth-order valence-electron chi connectivity index (χ4n) is 1.98. The molecule has 0 aliphatic carbocycles. The number of hydrogen-bond acceptors (Lipinski definition) is 2. The second-order valence-corrected chi connectivity index (χ2v) is 4.57. The second-order valence-electron chi connectivity index (χ2n) is 4.57. The molecule has 0 saturated carbocycles. The third-order valence-corrected chi connectivity index (χ3v) is 3.02. The molecule has 1 aromatic carbocycles. The summed E-state index contributed by atoms with van der Waals surface area (Å²) in [5.41, 5.74) is 0.816. The molecule has 116 valence electrons. The molecule has 0 radical (unpaired) electrons. The Morgan fingerprint density at radius 1 is 1.38 bits per heavy atom. The molecule has 1 aromatic rings. The molecule has 0 bridgehead atoms. The maximum atomic E-state index is 12.4. The zero-order chi connectivity index (χ0) is 15.9. The third kappa shape index (κ3) is 5.59. The van der Waals surface area contributed by atoms with E-state index in [2.05, 4.69) is 6.58 Å². The van der Waals surface area contributed by atoms with Gasteiger partial charge in [-0.2, -0.15) is 13.2 Å². The van der Waals surface area contributed by atoms with E-state index >= 15 is 0 Å². The summed E-state index contributed by atoms with van der Waals surface area (Å²) in [6.45, 7) is 3.55. The smallest absolute Gasteiger partial charge is 0.379 e. The first-order valence-corrected chi connectivity index (χ1v) is 6.43. The minimum atomic E-state index is -4.92. The summed E-state index contributed by atoms with van der Waals surface area (Å²) in [6, 6.07) is 8.16. The first-order valence-electron chi connectivity index (χ1n) is 6.43. The topological polar surface area (TPSA) is 38.3 Å². The van der Waals surface area contributed by atoms with E-state index in [1.807, 2.05) is 11.4 Å². The minimum Gasteiger partial charge on any atom is -0.379 e. The number of benzene rings is 1. The van der Waals surface area contributed by atoms with Gasteiger partial charge in [-0.3, -0.25) is 4.79 Å². The van der Waals surface area contributed by atoms with Crippen LogP contribution in [-0.4, -0.2) is 31.3 Å². The van der Waals surface area contributed by atoms with Crippen LogP contribution in [0.5, 0.6) is 0 Å². The van der Waals surface area contributed by atoms with Crippen molar-refractivity contribution in [2.45, 2.75) is 31.2 Å². The van der Waals surface area contributed by atoms with Gasteiger partial charge in [-0.05, 0) is 18.4 Å². The van der Waals surface area contributed by atoms with Crippen LogP contribution in [0.15, 0.2) is 43.0 Å². The highest BCUT2D eigenvalue weighted by Crippen LogP contribution is 2.17. The molecular formula is C15H18F3NO2. The van der Waals surface area contributed by atoms with Crippen LogP contribution < -0.4 is 5.32 Å². The van der Waals surface area contributed by atoms with Gasteiger partial charge in [-0.1, -0.05) is 36.4 Å². The molecule has 3 nitrogen and oxygen atoms in total. The molecule has 2 atom stereocenters. The molecule has 6 heteroatoms. The standard InChI is InChI=1S/C15H18F3NO2/c1-3-7-13(21-2)12(19-14(20)15(16,17)18)10-11-8-5-4-6-9-11/h3-6,8-9,12-13H,1,7,10H2,2H3,(H,19,20)/t12-,13?/m1/s1. The fraction of sp³-hybridized carbons (Fsp3) is 0.400. The summed E-state index contributed by atoms with van der Waals surface area (Å²) in [4.78, 5) is 11.2. The lowest BCUT2D eigenvalue weighted by Crippen LogP contribution is -2.50. The van der Waals surface area contributed by atoms with Crippen LogP contribution in [0.1, 0.15) is 12.0 Å². The summed E-state index contributed by atoms with van der Waals surface area (Å²) in [5, 5.41) is 2.00. The molecule has 0 fully saturated rings. The van der Waals surface area contributed by atoms with Gasteiger partial charge >= 0.3 is 12.1 Å². The third-order valence-electron chi connectivity index (χ3n) is 3.02. The summed E-state index contributed by atoms with van der Waals surface area (Å²) >= 11 is 0. The number of hydrogen-bond donors (Lipinski definition) is 1. The van der Waals surface area contributed by atoms with Gasteiger partial charge in [0.15, 0.2) is 0 Å². The van der Waals surface area contributed by atoms with Crippen molar-refractivity contribution in [1.82, 2.24) is 5.32 Å². The maximum Gasteiger partial charge on any atom is 0.471 e. The van der Waals surface area contributed by atoms with Gasteiger partial charge in [0, 0.05) is 7.11 Å². The predicted octanol–water partition coefficient (Wildman–Crippen LogP) is 2.87. The van der Waals surface area contributed by atoms with Crippen LogP contribution in [0.25, 0.3) is 0 Å². The molecule has 0 aliphatic rings. The quantitative estimate of drug-likeness (QED) is 0.787. The van der Waals surface area contributed by atoms with Crippen LogP contribution in [0.4, 0.5) is 13.2 Å². The zero-order valence-electron chi connectivity index (χ0n) is 11.7. The highest BCUT2D eigenvalue weighted by atomic mass is 19.4. The number of nitrogens with one attached hydrogen (secondary N) is 1. The van der Waals surface area contributed by atoms with Crippen molar-refractivity contribution in [3.8, 4) is 0 Å². The number of carbonyl (C=O) groups is 1. The summed E-state index contributed by atoms with van der Waals surface area (Å²) in [7, 11) is 1.39. The Balaban J connectivity index is 2.88. The van der Waals surface area contributed by atoms with E-state index in [1.54, 1.807) is 30.3 Å². The van der Waals surface area contributed by atoms with Gasteiger partial charge in [0.25, 0.3) is 0 Å². The van der Waals surface area contributed by atoms with E-state index in [-0.39, 0.29) is 6.42 Å². The Morgan fingerprint density at radius 3 is 2.48 bits per heavy atom. The number of carbonyl (C=O) groups excluding carboxylic acids is 1. The summed E-state index contributed by atoms with van der Waals surface area (Å²) < 4.78 is 42.5. The number of halogens is 3. The van der Waals surface area contributed by atoms with Crippen LogP contribution in [0, 0.1) is 0 Å². The Morgan fingerprint density at radius 2 is 2.00 bits per heavy atom. The molecule has 1 N–H and O–H groups in total. The average Bonchev–Trinajstić information content (AvgIpc) is 2.44. The molecule has 1 rings (SSSR count). The summed E-state index contributed by atoms with van der Waals surface area (Å²) in [5.74, 6) is -1.96. The van der Waals surface area contributed by atoms with E-state index in [9.17, 15) is 18.0 Å².